The van der Waals surface area contributed by atoms with Gasteiger partial charge in [-0.25, -0.2) is 24.6 Å². The van der Waals surface area contributed by atoms with Crippen molar-refractivity contribution in [3.8, 4) is 5.82 Å². The Morgan fingerprint density at radius 1 is 1.12 bits per heavy atom. The second-order valence-electron chi connectivity index (χ2n) is 5.38. The number of carbonyl (C=O) groups excluding carboxylic acids is 1. The molecule has 1 N–H and O–H groups in total. The number of carbonyl (C=O) groups is 1. The number of hydrogen-bond donors (Lipinski definition) is 1. The summed E-state index contributed by atoms with van der Waals surface area (Å²) in [5.41, 5.74) is 0. The third kappa shape index (κ3) is 2.78. The minimum Gasteiger partial charge on any atom is -0.355 e. The van der Waals surface area contributed by atoms with Gasteiger partial charge in [0.2, 0.25) is 5.91 Å². The normalized spacial score (nSPS) is 14.2. The molecular formula is C15H14N8O. The first-order valence-corrected chi connectivity index (χ1v) is 7.43. The summed E-state index contributed by atoms with van der Waals surface area (Å²) in [7, 11) is 0. The van der Waals surface area contributed by atoms with E-state index in [-0.39, 0.29) is 11.8 Å². The Labute approximate surface area is 137 Å². The SMILES string of the molecule is O=C(Nc1ccccn1)C1CN(c2cc(-n3cncn3)ncn2)C1. The number of rotatable bonds is 4. The summed E-state index contributed by atoms with van der Waals surface area (Å²) in [6.45, 7) is 1.21. The van der Waals surface area contributed by atoms with Gasteiger partial charge in [-0.3, -0.25) is 4.79 Å². The molecule has 0 spiro atoms. The van der Waals surface area contributed by atoms with E-state index in [1.807, 2.05) is 23.1 Å². The van der Waals surface area contributed by atoms with Crippen LogP contribution in [-0.2, 0) is 4.79 Å². The Kier molecular flexibility index (Phi) is 3.58. The van der Waals surface area contributed by atoms with Crippen molar-refractivity contribution in [2.45, 2.75) is 0 Å². The summed E-state index contributed by atoms with van der Waals surface area (Å²) in [4.78, 5) is 30.6. The summed E-state index contributed by atoms with van der Waals surface area (Å²) < 4.78 is 1.57. The summed E-state index contributed by atoms with van der Waals surface area (Å²) >= 11 is 0. The summed E-state index contributed by atoms with van der Waals surface area (Å²) in [6.07, 6.45) is 6.15. The molecule has 1 aliphatic heterocycles. The lowest BCUT2D eigenvalue weighted by Gasteiger charge is -2.38. The van der Waals surface area contributed by atoms with Crippen LogP contribution in [0.3, 0.4) is 0 Å². The fraction of sp³-hybridized carbons (Fsp3) is 0.200. The molecule has 24 heavy (non-hydrogen) atoms. The molecule has 1 fully saturated rings. The standard InChI is InChI=1S/C15H14N8O/c24-15(21-12-3-1-2-4-17-12)11-6-22(7-11)13-5-14(19-9-18-13)23-10-16-8-20-23/h1-5,8-11H,6-7H2,(H,17,21,24). The third-order valence-corrected chi connectivity index (χ3v) is 3.78. The molecule has 0 bridgehead atoms. The quantitative estimate of drug-likeness (QED) is 0.747. The van der Waals surface area contributed by atoms with Crippen molar-refractivity contribution in [1.82, 2.24) is 29.7 Å². The molecule has 3 aromatic heterocycles. The minimum atomic E-state index is -0.0863. The predicted octanol–water partition coefficient (Wildman–Crippen LogP) is 0.527. The molecule has 0 aromatic carbocycles. The maximum Gasteiger partial charge on any atom is 0.232 e. The maximum atomic E-state index is 12.2. The van der Waals surface area contributed by atoms with E-state index < -0.39 is 0 Å². The Morgan fingerprint density at radius 2 is 2.00 bits per heavy atom. The van der Waals surface area contributed by atoms with E-state index in [2.05, 4.69) is 30.4 Å². The van der Waals surface area contributed by atoms with Gasteiger partial charge in [-0.05, 0) is 12.1 Å². The minimum absolute atomic E-state index is 0.0319. The fourth-order valence-electron chi connectivity index (χ4n) is 2.46. The Hall–Kier alpha value is -3.36. The van der Waals surface area contributed by atoms with Crippen molar-refractivity contribution < 1.29 is 4.79 Å². The van der Waals surface area contributed by atoms with Crippen LogP contribution in [0.1, 0.15) is 0 Å². The van der Waals surface area contributed by atoms with Gasteiger partial charge in [0.25, 0.3) is 0 Å². The molecule has 3 aromatic rings. The number of anilines is 2. The molecule has 0 saturated carbocycles. The van der Waals surface area contributed by atoms with Crippen LogP contribution in [0.15, 0.2) is 49.4 Å². The molecule has 9 heteroatoms. The van der Waals surface area contributed by atoms with Gasteiger partial charge in [-0.2, -0.15) is 5.10 Å². The van der Waals surface area contributed by atoms with Crippen LogP contribution in [-0.4, -0.2) is 48.7 Å². The van der Waals surface area contributed by atoms with Crippen molar-refractivity contribution in [1.29, 1.82) is 0 Å². The summed E-state index contributed by atoms with van der Waals surface area (Å²) in [5, 5.41) is 6.86. The summed E-state index contributed by atoms with van der Waals surface area (Å²) in [5.74, 6) is 1.85. The number of nitrogens with zero attached hydrogens (tertiary/aromatic N) is 7. The fourth-order valence-corrected chi connectivity index (χ4v) is 2.46. The van der Waals surface area contributed by atoms with E-state index in [1.165, 1.54) is 12.7 Å². The van der Waals surface area contributed by atoms with Crippen molar-refractivity contribution in [2.24, 2.45) is 5.92 Å². The van der Waals surface area contributed by atoms with Gasteiger partial charge in [-0.1, -0.05) is 6.07 Å². The second kappa shape index (κ2) is 6.03. The third-order valence-electron chi connectivity index (χ3n) is 3.78. The van der Waals surface area contributed by atoms with Crippen LogP contribution in [0.4, 0.5) is 11.6 Å². The van der Waals surface area contributed by atoms with Gasteiger partial charge < -0.3 is 10.2 Å². The molecule has 1 aliphatic rings. The largest absolute Gasteiger partial charge is 0.355 e. The molecule has 1 amide bonds. The predicted molar refractivity (Wildman–Crippen MR) is 85.5 cm³/mol. The monoisotopic (exact) mass is 322 g/mol. The van der Waals surface area contributed by atoms with Crippen LogP contribution in [0.25, 0.3) is 5.82 Å². The topological polar surface area (TPSA) is 102 Å². The summed E-state index contributed by atoms with van der Waals surface area (Å²) in [6, 6.07) is 7.23. The average Bonchev–Trinajstić information content (AvgIpc) is 3.09. The van der Waals surface area contributed by atoms with Gasteiger partial charge in [0, 0.05) is 25.4 Å². The zero-order valence-electron chi connectivity index (χ0n) is 12.6. The van der Waals surface area contributed by atoms with E-state index in [0.717, 1.165) is 5.82 Å². The zero-order chi connectivity index (χ0) is 16.4. The maximum absolute atomic E-state index is 12.2. The van der Waals surface area contributed by atoms with Crippen LogP contribution in [0.5, 0.6) is 0 Å². The van der Waals surface area contributed by atoms with Crippen molar-refractivity contribution in [2.75, 3.05) is 23.3 Å². The lowest BCUT2D eigenvalue weighted by molar-refractivity contribution is -0.120. The first-order valence-electron chi connectivity index (χ1n) is 7.43. The number of amides is 1. The molecular weight excluding hydrogens is 308 g/mol. The first kappa shape index (κ1) is 14.2. The highest BCUT2D eigenvalue weighted by atomic mass is 16.2. The van der Waals surface area contributed by atoms with E-state index >= 15 is 0 Å². The highest BCUT2D eigenvalue weighted by Gasteiger charge is 2.33. The van der Waals surface area contributed by atoms with Crippen LogP contribution in [0.2, 0.25) is 0 Å². The van der Waals surface area contributed by atoms with Gasteiger partial charge in [0.15, 0.2) is 5.82 Å². The van der Waals surface area contributed by atoms with Crippen LogP contribution >= 0.6 is 0 Å². The number of aromatic nitrogens is 6. The lowest BCUT2D eigenvalue weighted by atomic mass is 9.99. The Balaban J connectivity index is 1.39. The molecule has 9 nitrogen and oxygen atoms in total. The number of nitrogens with one attached hydrogen (secondary N) is 1. The lowest BCUT2D eigenvalue weighted by Crippen LogP contribution is -2.52. The number of pyridine rings is 1. The molecule has 0 atom stereocenters. The van der Waals surface area contributed by atoms with Crippen molar-refractivity contribution >= 4 is 17.5 Å². The van der Waals surface area contributed by atoms with Gasteiger partial charge in [-0.15, -0.1) is 0 Å². The highest BCUT2D eigenvalue weighted by molar-refractivity contribution is 5.93. The Bertz CT molecular complexity index is 830. The average molecular weight is 322 g/mol. The second-order valence-corrected chi connectivity index (χ2v) is 5.38. The van der Waals surface area contributed by atoms with E-state index in [4.69, 9.17) is 0 Å². The van der Waals surface area contributed by atoms with Gasteiger partial charge >= 0.3 is 0 Å². The van der Waals surface area contributed by atoms with Crippen molar-refractivity contribution in [3.63, 3.8) is 0 Å². The van der Waals surface area contributed by atoms with E-state index in [1.54, 1.807) is 23.3 Å². The Morgan fingerprint density at radius 3 is 2.75 bits per heavy atom. The molecule has 0 aliphatic carbocycles. The number of hydrogen-bond acceptors (Lipinski definition) is 7. The molecule has 0 radical (unpaired) electrons. The van der Waals surface area contributed by atoms with Crippen LogP contribution < -0.4 is 10.2 Å². The zero-order valence-corrected chi connectivity index (χ0v) is 12.6. The molecule has 120 valence electrons. The molecule has 4 heterocycles. The molecule has 4 rings (SSSR count). The molecule has 1 saturated heterocycles. The van der Waals surface area contributed by atoms with E-state index in [0.29, 0.717) is 24.7 Å². The van der Waals surface area contributed by atoms with Gasteiger partial charge in [0.1, 0.15) is 30.6 Å². The van der Waals surface area contributed by atoms with E-state index in [9.17, 15) is 4.79 Å². The van der Waals surface area contributed by atoms with Crippen molar-refractivity contribution in [3.05, 3.63) is 49.4 Å². The highest BCUT2D eigenvalue weighted by Crippen LogP contribution is 2.24. The smallest absolute Gasteiger partial charge is 0.232 e. The van der Waals surface area contributed by atoms with Crippen LogP contribution in [0, 0.1) is 5.92 Å². The first-order chi connectivity index (χ1) is 11.8. The van der Waals surface area contributed by atoms with Gasteiger partial charge in [0.05, 0.1) is 5.92 Å². The molecule has 0 unspecified atom stereocenters.